The van der Waals surface area contributed by atoms with Crippen LogP contribution in [0.25, 0.3) is 0 Å². The molecule has 0 unspecified atom stereocenters. The highest BCUT2D eigenvalue weighted by molar-refractivity contribution is 5.92. The summed E-state index contributed by atoms with van der Waals surface area (Å²) in [5.74, 6) is 0.0424. The predicted octanol–water partition coefficient (Wildman–Crippen LogP) is 1.80. The van der Waals surface area contributed by atoms with Crippen molar-refractivity contribution in [2.75, 3.05) is 19.7 Å². The second-order valence-corrected chi connectivity index (χ2v) is 7.08. The standard InChI is InChI=1S/C19H24N4O3/c1-22-17(5-9-21-22)18(24)23-10-6-19(7-11-23)12-16(14-26-19)25-13-15-4-2-3-8-20-15/h2-5,8-9,16H,6-7,10-14H2,1H3/t16-/m1/s1. The van der Waals surface area contributed by atoms with Crippen LogP contribution in [0.5, 0.6) is 0 Å². The Balaban J connectivity index is 1.29. The number of carbonyl (C=O) groups excluding carboxylic acids is 1. The first kappa shape index (κ1) is 17.2. The molecule has 2 fully saturated rings. The molecule has 0 aliphatic carbocycles. The second kappa shape index (κ2) is 7.17. The Kier molecular flexibility index (Phi) is 4.74. The Morgan fingerprint density at radius 2 is 2.15 bits per heavy atom. The largest absolute Gasteiger partial charge is 0.372 e. The summed E-state index contributed by atoms with van der Waals surface area (Å²) >= 11 is 0. The van der Waals surface area contributed by atoms with E-state index in [1.165, 1.54) is 0 Å². The van der Waals surface area contributed by atoms with Gasteiger partial charge in [-0.3, -0.25) is 14.5 Å². The van der Waals surface area contributed by atoms with E-state index in [-0.39, 0.29) is 17.6 Å². The minimum atomic E-state index is -0.155. The molecule has 4 heterocycles. The minimum Gasteiger partial charge on any atom is -0.372 e. The molecule has 0 radical (unpaired) electrons. The zero-order chi connectivity index (χ0) is 18.0. The fourth-order valence-electron chi connectivity index (χ4n) is 3.81. The number of piperidine rings is 1. The Morgan fingerprint density at radius 3 is 2.85 bits per heavy atom. The van der Waals surface area contributed by atoms with Crippen LogP contribution in [-0.4, -0.2) is 57.0 Å². The number of aromatic nitrogens is 3. The molecule has 0 bridgehead atoms. The van der Waals surface area contributed by atoms with Crippen LogP contribution in [0, 0.1) is 0 Å². The monoisotopic (exact) mass is 356 g/mol. The van der Waals surface area contributed by atoms with Gasteiger partial charge in [-0.1, -0.05) is 6.07 Å². The molecular formula is C19H24N4O3. The van der Waals surface area contributed by atoms with Gasteiger partial charge in [0.1, 0.15) is 5.69 Å². The maximum absolute atomic E-state index is 12.6. The van der Waals surface area contributed by atoms with E-state index >= 15 is 0 Å². The molecule has 2 aliphatic rings. The van der Waals surface area contributed by atoms with Gasteiger partial charge in [-0.25, -0.2) is 0 Å². The summed E-state index contributed by atoms with van der Waals surface area (Å²) in [5.41, 5.74) is 1.41. The van der Waals surface area contributed by atoms with Crippen LogP contribution in [0.15, 0.2) is 36.7 Å². The normalized spacial score (nSPS) is 22.0. The van der Waals surface area contributed by atoms with E-state index < -0.39 is 0 Å². The molecule has 2 aromatic heterocycles. The Hall–Kier alpha value is -2.25. The van der Waals surface area contributed by atoms with Crippen LogP contribution < -0.4 is 0 Å². The number of ether oxygens (including phenoxy) is 2. The summed E-state index contributed by atoms with van der Waals surface area (Å²) < 4.78 is 13.7. The smallest absolute Gasteiger partial charge is 0.272 e. The zero-order valence-corrected chi connectivity index (χ0v) is 15.0. The van der Waals surface area contributed by atoms with Gasteiger partial charge < -0.3 is 14.4 Å². The van der Waals surface area contributed by atoms with E-state index in [4.69, 9.17) is 9.47 Å². The Bertz CT molecular complexity index is 753. The molecule has 1 amide bonds. The zero-order valence-electron chi connectivity index (χ0n) is 15.0. The number of rotatable bonds is 4. The van der Waals surface area contributed by atoms with E-state index in [0.717, 1.165) is 25.0 Å². The molecule has 26 heavy (non-hydrogen) atoms. The fraction of sp³-hybridized carbons (Fsp3) is 0.526. The fourth-order valence-corrected chi connectivity index (χ4v) is 3.81. The van der Waals surface area contributed by atoms with Gasteiger partial charge in [-0.05, 0) is 31.0 Å². The van der Waals surface area contributed by atoms with E-state index in [1.54, 1.807) is 30.2 Å². The lowest BCUT2D eigenvalue weighted by molar-refractivity contribution is -0.0414. The topological polar surface area (TPSA) is 69.5 Å². The van der Waals surface area contributed by atoms with Gasteiger partial charge in [0, 0.05) is 39.0 Å². The molecule has 2 aliphatic heterocycles. The Labute approximate surface area is 152 Å². The number of nitrogens with zero attached hydrogens (tertiary/aromatic N) is 4. The van der Waals surface area contributed by atoms with E-state index in [2.05, 4.69) is 10.1 Å². The maximum Gasteiger partial charge on any atom is 0.272 e. The maximum atomic E-state index is 12.6. The van der Waals surface area contributed by atoms with E-state index in [0.29, 0.717) is 32.0 Å². The third kappa shape index (κ3) is 3.50. The Morgan fingerprint density at radius 1 is 1.31 bits per heavy atom. The summed E-state index contributed by atoms with van der Waals surface area (Å²) in [6.07, 6.45) is 6.10. The number of hydrogen-bond donors (Lipinski definition) is 0. The van der Waals surface area contributed by atoms with E-state index in [1.807, 2.05) is 23.1 Å². The molecule has 7 nitrogen and oxygen atoms in total. The van der Waals surface area contributed by atoms with Gasteiger partial charge in [0.05, 0.1) is 30.6 Å². The first-order chi connectivity index (χ1) is 12.7. The van der Waals surface area contributed by atoms with Crippen molar-refractivity contribution in [3.8, 4) is 0 Å². The van der Waals surface area contributed by atoms with Gasteiger partial charge >= 0.3 is 0 Å². The molecule has 2 aromatic rings. The molecule has 2 saturated heterocycles. The van der Waals surface area contributed by atoms with Gasteiger partial charge in [-0.2, -0.15) is 5.10 Å². The average molecular weight is 356 g/mol. The lowest BCUT2D eigenvalue weighted by Crippen LogP contribution is -2.47. The number of likely N-dealkylation sites (tertiary alicyclic amines) is 1. The molecule has 1 atom stereocenters. The number of hydrogen-bond acceptors (Lipinski definition) is 5. The summed E-state index contributed by atoms with van der Waals surface area (Å²) in [6, 6.07) is 7.60. The van der Waals surface area contributed by atoms with Crippen molar-refractivity contribution in [3.63, 3.8) is 0 Å². The minimum absolute atomic E-state index is 0.0424. The van der Waals surface area contributed by atoms with Gasteiger partial charge in [0.25, 0.3) is 5.91 Å². The highest BCUT2D eigenvalue weighted by Crippen LogP contribution is 2.37. The lowest BCUT2D eigenvalue weighted by atomic mass is 9.88. The molecule has 0 saturated carbocycles. The summed E-state index contributed by atoms with van der Waals surface area (Å²) in [5, 5.41) is 4.08. The summed E-state index contributed by atoms with van der Waals surface area (Å²) in [4.78, 5) is 18.8. The van der Waals surface area contributed by atoms with Crippen LogP contribution in [0.1, 0.15) is 35.4 Å². The van der Waals surface area contributed by atoms with Crippen molar-refractivity contribution in [1.82, 2.24) is 19.7 Å². The van der Waals surface area contributed by atoms with Gasteiger partial charge in [0.2, 0.25) is 0 Å². The third-order valence-electron chi connectivity index (χ3n) is 5.37. The van der Waals surface area contributed by atoms with Crippen molar-refractivity contribution >= 4 is 5.91 Å². The quantitative estimate of drug-likeness (QED) is 0.835. The van der Waals surface area contributed by atoms with Gasteiger partial charge in [-0.15, -0.1) is 0 Å². The van der Waals surface area contributed by atoms with Crippen molar-refractivity contribution in [2.24, 2.45) is 7.05 Å². The van der Waals surface area contributed by atoms with Crippen LogP contribution in [0.3, 0.4) is 0 Å². The first-order valence-corrected chi connectivity index (χ1v) is 9.08. The summed E-state index contributed by atoms with van der Waals surface area (Å²) in [6.45, 7) is 2.53. The molecule has 7 heteroatoms. The molecule has 0 aromatic carbocycles. The molecule has 4 rings (SSSR count). The molecular weight excluding hydrogens is 332 g/mol. The summed E-state index contributed by atoms with van der Waals surface area (Å²) in [7, 11) is 1.79. The van der Waals surface area contributed by atoms with Crippen LogP contribution in [-0.2, 0) is 23.1 Å². The van der Waals surface area contributed by atoms with Crippen molar-refractivity contribution in [2.45, 2.75) is 37.6 Å². The number of carbonyl (C=O) groups is 1. The van der Waals surface area contributed by atoms with Crippen molar-refractivity contribution in [3.05, 3.63) is 48.0 Å². The highest BCUT2D eigenvalue weighted by atomic mass is 16.6. The van der Waals surface area contributed by atoms with Crippen LogP contribution in [0.4, 0.5) is 0 Å². The third-order valence-corrected chi connectivity index (χ3v) is 5.37. The van der Waals surface area contributed by atoms with E-state index in [9.17, 15) is 4.79 Å². The van der Waals surface area contributed by atoms with Crippen LogP contribution in [0.2, 0.25) is 0 Å². The first-order valence-electron chi connectivity index (χ1n) is 9.08. The second-order valence-electron chi connectivity index (χ2n) is 7.08. The molecule has 0 N–H and O–H groups in total. The number of aryl methyl sites for hydroxylation is 1. The SMILES string of the molecule is Cn1nccc1C(=O)N1CCC2(CC1)C[C@@H](OCc1ccccn1)CO2. The predicted molar refractivity (Wildman–Crippen MR) is 94.5 cm³/mol. The molecule has 138 valence electrons. The van der Waals surface area contributed by atoms with Gasteiger partial charge in [0.15, 0.2) is 0 Å². The lowest BCUT2D eigenvalue weighted by Gasteiger charge is -2.38. The van der Waals surface area contributed by atoms with Crippen molar-refractivity contribution in [1.29, 1.82) is 0 Å². The molecule has 1 spiro atoms. The van der Waals surface area contributed by atoms with Crippen molar-refractivity contribution < 1.29 is 14.3 Å². The highest BCUT2D eigenvalue weighted by Gasteiger charge is 2.44. The number of pyridine rings is 1. The van der Waals surface area contributed by atoms with Crippen LogP contribution >= 0.6 is 0 Å². The average Bonchev–Trinajstić information content (AvgIpc) is 3.27. The number of amides is 1.